The van der Waals surface area contributed by atoms with Crippen LogP contribution in [-0.4, -0.2) is 29.9 Å². The van der Waals surface area contributed by atoms with Gasteiger partial charge in [0.1, 0.15) is 0 Å². The molecule has 1 saturated heterocycles. The number of amides is 1. The highest BCUT2D eigenvalue weighted by molar-refractivity contribution is 6.33. The van der Waals surface area contributed by atoms with Gasteiger partial charge in [-0.25, -0.2) is 0 Å². The molecule has 1 aromatic rings. The molecule has 0 bridgehead atoms. The highest BCUT2D eigenvalue weighted by Gasteiger charge is 2.26. The predicted molar refractivity (Wildman–Crippen MR) is 83.1 cm³/mol. The molecule has 0 spiro atoms. The highest BCUT2D eigenvalue weighted by Crippen LogP contribution is 2.23. The normalized spacial score (nSPS) is 20.8. The Morgan fingerprint density at radius 2 is 2.25 bits per heavy atom. The first kappa shape index (κ1) is 15.6. The summed E-state index contributed by atoms with van der Waals surface area (Å²) >= 11 is 12.1. The Balaban J connectivity index is 2.02. The van der Waals surface area contributed by atoms with Gasteiger partial charge in [-0.3, -0.25) is 4.79 Å². The largest absolute Gasteiger partial charge is 0.342 e. The Labute approximate surface area is 130 Å². The van der Waals surface area contributed by atoms with Crippen molar-refractivity contribution in [3.05, 3.63) is 33.8 Å². The number of hydrogen-bond donors (Lipinski definition) is 1. The second-order valence-electron chi connectivity index (χ2n) is 5.51. The number of likely N-dealkylation sites (tertiary alicyclic amines) is 1. The van der Waals surface area contributed by atoms with E-state index in [9.17, 15) is 4.79 Å². The second-order valence-corrected chi connectivity index (χ2v) is 6.36. The monoisotopic (exact) mass is 314 g/mol. The van der Waals surface area contributed by atoms with Crippen LogP contribution in [0.2, 0.25) is 10.0 Å². The third kappa shape index (κ3) is 3.87. The van der Waals surface area contributed by atoms with Crippen LogP contribution in [-0.2, 0) is 11.2 Å². The Bertz CT molecular complexity index is 491. The second kappa shape index (κ2) is 6.79. The first-order valence-electron chi connectivity index (χ1n) is 6.94. The molecular formula is C15H20Cl2N2O. The average molecular weight is 315 g/mol. The number of carbonyl (C=O) groups is 1. The summed E-state index contributed by atoms with van der Waals surface area (Å²) in [4.78, 5) is 14.3. The van der Waals surface area contributed by atoms with Crippen molar-refractivity contribution in [3.63, 3.8) is 0 Å². The van der Waals surface area contributed by atoms with Crippen LogP contribution in [0.4, 0.5) is 0 Å². The number of halogens is 2. The third-order valence-corrected chi connectivity index (χ3v) is 4.51. The van der Waals surface area contributed by atoms with Crippen molar-refractivity contribution in [1.82, 2.24) is 4.90 Å². The summed E-state index contributed by atoms with van der Waals surface area (Å²) in [6.45, 7) is 3.56. The molecule has 1 aliphatic rings. The van der Waals surface area contributed by atoms with E-state index >= 15 is 0 Å². The maximum atomic E-state index is 12.4. The maximum absolute atomic E-state index is 12.4. The average Bonchev–Trinajstić information content (AvgIpc) is 2.43. The molecule has 0 unspecified atom stereocenters. The van der Waals surface area contributed by atoms with Gasteiger partial charge >= 0.3 is 0 Å². The van der Waals surface area contributed by atoms with Gasteiger partial charge in [0.2, 0.25) is 5.91 Å². The molecule has 5 heteroatoms. The quantitative estimate of drug-likeness (QED) is 0.931. The van der Waals surface area contributed by atoms with Crippen molar-refractivity contribution >= 4 is 29.1 Å². The molecule has 0 aliphatic carbocycles. The van der Waals surface area contributed by atoms with Gasteiger partial charge in [0, 0.05) is 29.2 Å². The van der Waals surface area contributed by atoms with Crippen molar-refractivity contribution in [2.45, 2.75) is 32.2 Å². The van der Waals surface area contributed by atoms with Crippen molar-refractivity contribution in [2.24, 2.45) is 11.7 Å². The Morgan fingerprint density at radius 3 is 2.95 bits per heavy atom. The molecular weight excluding hydrogens is 295 g/mol. The van der Waals surface area contributed by atoms with Crippen LogP contribution in [0.5, 0.6) is 0 Å². The summed E-state index contributed by atoms with van der Waals surface area (Å²) in [6.07, 6.45) is 2.41. The Kier molecular flexibility index (Phi) is 5.30. The van der Waals surface area contributed by atoms with Crippen molar-refractivity contribution < 1.29 is 4.79 Å². The molecule has 2 atom stereocenters. The van der Waals surface area contributed by atoms with Crippen LogP contribution < -0.4 is 5.73 Å². The topological polar surface area (TPSA) is 46.3 Å². The van der Waals surface area contributed by atoms with Crippen LogP contribution in [0.3, 0.4) is 0 Å². The highest BCUT2D eigenvalue weighted by atomic mass is 35.5. The van der Waals surface area contributed by atoms with E-state index in [1.165, 1.54) is 0 Å². The smallest absolute Gasteiger partial charge is 0.227 e. The summed E-state index contributed by atoms with van der Waals surface area (Å²) in [5.41, 5.74) is 6.73. The SMILES string of the molecule is C[C@@H](N)[C@H]1CCCN(C(=O)Cc2cc(Cl)ccc2Cl)C1. The molecule has 1 aromatic carbocycles. The van der Waals surface area contributed by atoms with E-state index in [1.54, 1.807) is 18.2 Å². The molecule has 110 valence electrons. The molecule has 1 fully saturated rings. The van der Waals surface area contributed by atoms with E-state index in [1.807, 2.05) is 11.8 Å². The fourth-order valence-electron chi connectivity index (χ4n) is 2.62. The minimum absolute atomic E-state index is 0.0968. The fourth-order valence-corrected chi connectivity index (χ4v) is 3.00. The summed E-state index contributed by atoms with van der Waals surface area (Å²) in [7, 11) is 0. The van der Waals surface area contributed by atoms with Gasteiger partial charge < -0.3 is 10.6 Å². The molecule has 1 heterocycles. The summed E-state index contributed by atoms with van der Waals surface area (Å²) in [5.74, 6) is 0.488. The lowest BCUT2D eigenvalue weighted by Crippen LogP contribution is -2.45. The molecule has 0 radical (unpaired) electrons. The molecule has 1 amide bonds. The van der Waals surface area contributed by atoms with Crippen molar-refractivity contribution in [3.8, 4) is 0 Å². The van der Waals surface area contributed by atoms with Crippen molar-refractivity contribution in [2.75, 3.05) is 13.1 Å². The van der Waals surface area contributed by atoms with E-state index < -0.39 is 0 Å². The molecule has 2 rings (SSSR count). The van der Waals surface area contributed by atoms with E-state index in [4.69, 9.17) is 28.9 Å². The third-order valence-electron chi connectivity index (χ3n) is 3.90. The summed E-state index contributed by atoms with van der Waals surface area (Å²) < 4.78 is 0. The first-order valence-corrected chi connectivity index (χ1v) is 7.70. The van der Waals surface area contributed by atoms with E-state index in [-0.39, 0.29) is 11.9 Å². The molecule has 20 heavy (non-hydrogen) atoms. The summed E-state index contributed by atoms with van der Waals surface area (Å²) in [5, 5.41) is 1.19. The van der Waals surface area contributed by atoms with Crippen LogP contribution >= 0.6 is 23.2 Å². The molecule has 0 saturated carbocycles. The van der Waals surface area contributed by atoms with Gasteiger partial charge in [-0.15, -0.1) is 0 Å². The van der Waals surface area contributed by atoms with Gasteiger partial charge in [-0.1, -0.05) is 23.2 Å². The van der Waals surface area contributed by atoms with E-state index in [0.717, 1.165) is 31.5 Å². The number of hydrogen-bond acceptors (Lipinski definition) is 2. The maximum Gasteiger partial charge on any atom is 0.227 e. The molecule has 0 aromatic heterocycles. The number of piperidine rings is 1. The predicted octanol–water partition coefficient (Wildman–Crippen LogP) is 3.12. The number of nitrogens with zero attached hydrogens (tertiary/aromatic N) is 1. The van der Waals surface area contributed by atoms with Gasteiger partial charge in [-0.05, 0) is 49.4 Å². The molecule has 2 N–H and O–H groups in total. The van der Waals surface area contributed by atoms with E-state index in [2.05, 4.69) is 0 Å². The lowest BCUT2D eigenvalue weighted by Gasteiger charge is -2.34. The van der Waals surface area contributed by atoms with Crippen LogP contribution in [0, 0.1) is 5.92 Å². The number of rotatable bonds is 3. The minimum Gasteiger partial charge on any atom is -0.342 e. The number of carbonyl (C=O) groups excluding carboxylic acids is 1. The fraction of sp³-hybridized carbons (Fsp3) is 0.533. The zero-order valence-corrected chi connectivity index (χ0v) is 13.1. The van der Waals surface area contributed by atoms with Gasteiger partial charge in [0.25, 0.3) is 0 Å². The summed E-state index contributed by atoms with van der Waals surface area (Å²) in [6, 6.07) is 5.34. The van der Waals surface area contributed by atoms with E-state index in [0.29, 0.717) is 22.4 Å². The van der Waals surface area contributed by atoms with Crippen molar-refractivity contribution in [1.29, 1.82) is 0 Å². The lowest BCUT2D eigenvalue weighted by molar-refractivity contribution is -0.132. The zero-order chi connectivity index (χ0) is 14.7. The Morgan fingerprint density at radius 1 is 1.50 bits per heavy atom. The lowest BCUT2D eigenvalue weighted by atomic mass is 9.92. The van der Waals surface area contributed by atoms with Crippen LogP contribution in [0.1, 0.15) is 25.3 Å². The number of nitrogens with two attached hydrogens (primary N) is 1. The van der Waals surface area contributed by atoms with Gasteiger partial charge in [0.15, 0.2) is 0 Å². The molecule has 1 aliphatic heterocycles. The number of benzene rings is 1. The van der Waals surface area contributed by atoms with Crippen LogP contribution in [0.15, 0.2) is 18.2 Å². The first-order chi connectivity index (χ1) is 9.47. The standard InChI is InChI=1S/C15H20Cl2N2O/c1-10(18)11-3-2-6-19(9-11)15(20)8-12-7-13(16)4-5-14(12)17/h4-5,7,10-11H,2-3,6,8-9,18H2,1H3/t10-,11+/m1/s1. The van der Waals surface area contributed by atoms with Gasteiger partial charge in [0.05, 0.1) is 6.42 Å². The van der Waals surface area contributed by atoms with Crippen LogP contribution in [0.25, 0.3) is 0 Å². The van der Waals surface area contributed by atoms with Gasteiger partial charge in [-0.2, -0.15) is 0 Å². The Hall–Kier alpha value is -0.770. The molecule has 3 nitrogen and oxygen atoms in total. The minimum atomic E-state index is 0.0968. The zero-order valence-electron chi connectivity index (χ0n) is 11.6.